The molecule has 0 saturated carbocycles. The number of rotatable bonds is 0. The van der Waals surface area contributed by atoms with E-state index in [4.69, 9.17) is 0 Å². The molecular weight excluding hydrogens is 122 g/mol. The van der Waals surface area contributed by atoms with Gasteiger partial charge in [0, 0.05) is 12.5 Å². The van der Waals surface area contributed by atoms with Crippen LogP contribution < -0.4 is 5.32 Å². The van der Waals surface area contributed by atoms with Gasteiger partial charge in [0.1, 0.15) is 0 Å². The quantitative estimate of drug-likeness (QED) is 0.537. The lowest BCUT2D eigenvalue weighted by molar-refractivity contribution is 0.517. The summed E-state index contributed by atoms with van der Waals surface area (Å²) in [6, 6.07) is 0. The van der Waals surface area contributed by atoms with Gasteiger partial charge in [-0.3, -0.25) is 0 Å². The van der Waals surface area contributed by atoms with E-state index in [2.05, 4.69) is 36.5 Å². The summed E-state index contributed by atoms with van der Waals surface area (Å²) < 4.78 is 0. The summed E-state index contributed by atoms with van der Waals surface area (Å²) in [5.74, 6) is 0. The van der Waals surface area contributed by atoms with Gasteiger partial charge in [-0.15, -0.1) is 0 Å². The Bertz CT molecular complexity index is 240. The topological polar surface area (TPSA) is 12.0 Å². The van der Waals surface area contributed by atoms with E-state index in [-0.39, 0.29) is 6.84 Å². The van der Waals surface area contributed by atoms with E-state index < -0.39 is 0 Å². The molecule has 1 heterocycles. The zero-order valence-electron chi connectivity index (χ0n) is 6.09. The standard InChI is InChI=1S/C9H11N.H2/c1-9-5-3-2-4-8(9)10-7-6-9;/h2-4,6-7,10H,5H2,1H3;1H. The maximum Gasteiger partial charge on any atom is 0.0306 e. The first kappa shape index (κ1) is 5.78. The Kier molecular flexibility index (Phi) is 1.01. The molecule has 0 saturated heterocycles. The second-order valence-electron chi connectivity index (χ2n) is 3.11. The zero-order chi connectivity index (χ0) is 7.03. The van der Waals surface area contributed by atoms with Crippen LogP contribution in [0.4, 0.5) is 0 Å². The molecule has 0 bridgehead atoms. The molecule has 1 heteroatoms. The molecule has 0 aromatic heterocycles. The van der Waals surface area contributed by atoms with Crippen molar-refractivity contribution in [2.45, 2.75) is 13.3 Å². The third-order valence-electron chi connectivity index (χ3n) is 2.25. The molecule has 0 fully saturated rings. The van der Waals surface area contributed by atoms with Crippen LogP contribution in [0.2, 0.25) is 0 Å². The van der Waals surface area contributed by atoms with Crippen LogP contribution in [-0.2, 0) is 0 Å². The first-order valence-corrected chi connectivity index (χ1v) is 3.63. The maximum absolute atomic E-state index is 3.23. The van der Waals surface area contributed by atoms with Gasteiger partial charge in [0.15, 0.2) is 0 Å². The molecule has 10 heavy (non-hydrogen) atoms. The first-order valence-electron chi connectivity index (χ1n) is 3.63. The lowest BCUT2D eigenvalue weighted by Crippen LogP contribution is -2.19. The second kappa shape index (κ2) is 1.75. The highest BCUT2D eigenvalue weighted by Crippen LogP contribution is 2.36. The number of nitrogens with one attached hydrogen (secondary N) is 1. The van der Waals surface area contributed by atoms with E-state index in [1.54, 1.807) is 0 Å². The van der Waals surface area contributed by atoms with Crippen molar-refractivity contribution in [1.82, 2.24) is 5.32 Å². The largest absolute Gasteiger partial charge is 0.365 e. The Morgan fingerprint density at radius 2 is 2.60 bits per heavy atom. The normalized spacial score (nSPS) is 35.1. The van der Waals surface area contributed by atoms with Crippen molar-refractivity contribution < 1.29 is 1.43 Å². The molecule has 2 aliphatic rings. The van der Waals surface area contributed by atoms with Gasteiger partial charge in [-0.1, -0.05) is 25.2 Å². The van der Waals surface area contributed by atoms with E-state index in [1.807, 2.05) is 6.20 Å². The average Bonchev–Trinajstić information content (AvgIpc) is 2.29. The highest BCUT2D eigenvalue weighted by Gasteiger charge is 2.29. The van der Waals surface area contributed by atoms with Crippen molar-refractivity contribution in [2.24, 2.45) is 5.41 Å². The minimum atomic E-state index is 0. The van der Waals surface area contributed by atoms with Crippen LogP contribution in [0.25, 0.3) is 0 Å². The molecule has 0 spiro atoms. The van der Waals surface area contributed by atoms with E-state index in [1.165, 1.54) is 5.70 Å². The summed E-state index contributed by atoms with van der Waals surface area (Å²) in [6.07, 6.45) is 11.8. The van der Waals surface area contributed by atoms with Gasteiger partial charge < -0.3 is 5.32 Å². The van der Waals surface area contributed by atoms with E-state index >= 15 is 0 Å². The summed E-state index contributed by atoms with van der Waals surface area (Å²) >= 11 is 0. The molecule has 54 valence electrons. The molecule has 0 radical (unpaired) electrons. The minimum absolute atomic E-state index is 0. The Hall–Kier alpha value is -0.980. The van der Waals surface area contributed by atoms with E-state index in [9.17, 15) is 0 Å². The molecule has 1 aliphatic heterocycles. The van der Waals surface area contributed by atoms with Gasteiger partial charge in [-0.25, -0.2) is 0 Å². The van der Waals surface area contributed by atoms with Crippen molar-refractivity contribution in [3.8, 4) is 0 Å². The lowest BCUT2D eigenvalue weighted by atomic mass is 9.82. The van der Waals surface area contributed by atoms with Crippen LogP contribution in [0.1, 0.15) is 14.8 Å². The summed E-state index contributed by atoms with van der Waals surface area (Å²) in [5.41, 5.74) is 1.60. The molecule has 1 unspecified atom stereocenters. The monoisotopic (exact) mass is 135 g/mol. The smallest absolute Gasteiger partial charge is 0.0306 e. The Morgan fingerprint density at radius 3 is 3.40 bits per heavy atom. The van der Waals surface area contributed by atoms with Crippen molar-refractivity contribution in [3.63, 3.8) is 0 Å². The second-order valence-corrected chi connectivity index (χ2v) is 3.11. The molecule has 0 aromatic carbocycles. The lowest BCUT2D eigenvalue weighted by Gasteiger charge is -2.24. The summed E-state index contributed by atoms with van der Waals surface area (Å²) in [4.78, 5) is 0. The molecule has 1 atom stereocenters. The molecule has 1 nitrogen and oxygen atoms in total. The number of allylic oxidation sites excluding steroid dienone is 4. The Labute approximate surface area is 62.6 Å². The van der Waals surface area contributed by atoms with Crippen LogP contribution in [0.3, 0.4) is 0 Å². The van der Waals surface area contributed by atoms with Crippen molar-refractivity contribution in [2.75, 3.05) is 0 Å². The summed E-state index contributed by atoms with van der Waals surface area (Å²) in [6.45, 7) is 2.25. The van der Waals surface area contributed by atoms with Gasteiger partial charge in [-0.2, -0.15) is 0 Å². The van der Waals surface area contributed by atoms with Gasteiger partial charge in [-0.05, 0) is 18.7 Å². The van der Waals surface area contributed by atoms with E-state index in [0.29, 0.717) is 0 Å². The predicted octanol–water partition coefficient (Wildman–Crippen LogP) is 2.20. The van der Waals surface area contributed by atoms with Crippen molar-refractivity contribution in [3.05, 3.63) is 36.2 Å². The SMILES string of the molecule is CC12C=CNC1=CC=CC2.[HH]. The number of fused-ring (bicyclic) bond motifs is 1. The van der Waals surface area contributed by atoms with Gasteiger partial charge in [0.25, 0.3) is 0 Å². The van der Waals surface area contributed by atoms with E-state index in [0.717, 1.165) is 6.42 Å². The molecular formula is C9H13N. The fourth-order valence-electron chi connectivity index (χ4n) is 1.46. The zero-order valence-corrected chi connectivity index (χ0v) is 6.09. The third kappa shape index (κ3) is 0.635. The van der Waals surface area contributed by atoms with Crippen LogP contribution >= 0.6 is 0 Å². The van der Waals surface area contributed by atoms with Gasteiger partial charge in [0.2, 0.25) is 0 Å². The van der Waals surface area contributed by atoms with Crippen LogP contribution in [0, 0.1) is 5.41 Å². The summed E-state index contributed by atoms with van der Waals surface area (Å²) in [5, 5.41) is 3.23. The molecule has 0 amide bonds. The molecule has 1 N–H and O–H groups in total. The van der Waals surface area contributed by atoms with Crippen LogP contribution in [0.5, 0.6) is 0 Å². The van der Waals surface area contributed by atoms with Crippen LogP contribution in [-0.4, -0.2) is 0 Å². The van der Waals surface area contributed by atoms with Gasteiger partial charge >= 0.3 is 0 Å². The number of hydrogen-bond donors (Lipinski definition) is 1. The highest BCUT2D eigenvalue weighted by atomic mass is 14.9. The molecule has 2 rings (SSSR count). The molecule has 0 aromatic rings. The first-order chi connectivity index (χ1) is 4.81. The van der Waals surface area contributed by atoms with Crippen molar-refractivity contribution >= 4 is 0 Å². The third-order valence-corrected chi connectivity index (χ3v) is 2.25. The molecule has 1 aliphatic carbocycles. The summed E-state index contributed by atoms with van der Waals surface area (Å²) in [7, 11) is 0. The van der Waals surface area contributed by atoms with Crippen molar-refractivity contribution in [1.29, 1.82) is 0 Å². The minimum Gasteiger partial charge on any atom is -0.365 e. The fraction of sp³-hybridized carbons (Fsp3) is 0.333. The predicted molar refractivity (Wildman–Crippen MR) is 44.3 cm³/mol. The van der Waals surface area contributed by atoms with Gasteiger partial charge in [0.05, 0.1) is 0 Å². The maximum atomic E-state index is 3.23. The Balaban J connectivity index is 0.000000605. The Morgan fingerprint density at radius 1 is 1.70 bits per heavy atom. The fourth-order valence-corrected chi connectivity index (χ4v) is 1.46. The highest BCUT2D eigenvalue weighted by molar-refractivity contribution is 5.34. The van der Waals surface area contributed by atoms with Crippen LogP contribution in [0.15, 0.2) is 36.2 Å². The average molecular weight is 135 g/mol. The number of hydrogen-bond acceptors (Lipinski definition) is 1.